The second kappa shape index (κ2) is 6.28. The molecule has 1 aromatic rings. The number of aromatic nitrogens is 1. The third-order valence-corrected chi connectivity index (χ3v) is 6.78. The zero-order chi connectivity index (χ0) is 14.8. The molecular formula is C12H17N3O2S3. The summed E-state index contributed by atoms with van der Waals surface area (Å²) in [6.45, 7) is 2.32. The molecule has 2 rings (SSSR count). The minimum atomic E-state index is -3.17. The van der Waals surface area contributed by atoms with Crippen LogP contribution in [0.4, 0.5) is 5.69 Å². The zero-order valence-corrected chi connectivity index (χ0v) is 13.6. The molecule has 0 amide bonds. The topological polar surface area (TPSA) is 76.3 Å². The van der Waals surface area contributed by atoms with Gasteiger partial charge >= 0.3 is 0 Å². The number of hydrogen-bond acceptors (Lipinski definition) is 6. The van der Waals surface area contributed by atoms with E-state index in [1.807, 2.05) is 4.90 Å². The van der Waals surface area contributed by atoms with Gasteiger partial charge in [0.05, 0.1) is 11.9 Å². The van der Waals surface area contributed by atoms with Crippen LogP contribution in [0.3, 0.4) is 0 Å². The van der Waals surface area contributed by atoms with Crippen LogP contribution in [0.2, 0.25) is 0 Å². The summed E-state index contributed by atoms with van der Waals surface area (Å²) in [6.07, 6.45) is 3.25. The van der Waals surface area contributed by atoms with E-state index in [1.165, 1.54) is 0 Å². The van der Waals surface area contributed by atoms with Gasteiger partial charge in [-0.2, -0.15) is 11.8 Å². The summed E-state index contributed by atoms with van der Waals surface area (Å²) in [5, 5.41) is -0.538. The van der Waals surface area contributed by atoms with E-state index in [0.29, 0.717) is 23.5 Å². The number of nitrogens with two attached hydrogens (primary N) is 1. The average Bonchev–Trinajstić information content (AvgIpc) is 2.47. The Morgan fingerprint density at radius 2 is 2.40 bits per heavy atom. The zero-order valence-electron chi connectivity index (χ0n) is 11.2. The van der Waals surface area contributed by atoms with E-state index < -0.39 is 15.2 Å². The monoisotopic (exact) mass is 331 g/mol. The Balaban J connectivity index is 2.46. The van der Waals surface area contributed by atoms with Crippen molar-refractivity contribution in [1.82, 2.24) is 4.98 Å². The van der Waals surface area contributed by atoms with E-state index in [2.05, 4.69) is 4.98 Å². The molecule has 0 aliphatic carbocycles. The van der Waals surface area contributed by atoms with Crippen molar-refractivity contribution in [2.45, 2.75) is 12.3 Å². The Kier molecular flexibility index (Phi) is 4.87. The summed E-state index contributed by atoms with van der Waals surface area (Å²) in [5.74, 6) is 1.56. The highest BCUT2D eigenvalue weighted by Crippen LogP contribution is 2.29. The molecule has 1 fully saturated rings. The number of rotatable bonds is 4. The molecule has 1 aromatic heterocycles. The van der Waals surface area contributed by atoms with E-state index >= 15 is 0 Å². The van der Waals surface area contributed by atoms with Crippen LogP contribution in [0.25, 0.3) is 0 Å². The summed E-state index contributed by atoms with van der Waals surface area (Å²) >= 11 is 6.70. The molecule has 1 aliphatic rings. The lowest BCUT2D eigenvalue weighted by Gasteiger charge is -2.37. The number of thioether (sulfide) groups is 1. The van der Waals surface area contributed by atoms with Gasteiger partial charge in [0.15, 0.2) is 9.84 Å². The number of hydrogen-bond donors (Lipinski definition) is 1. The lowest BCUT2D eigenvalue weighted by atomic mass is 10.2. The highest BCUT2D eigenvalue weighted by molar-refractivity contribution is 8.01. The lowest BCUT2D eigenvalue weighted by Crippen LogP contribution is -2.48. The molecular weight excluding hydrogens is 314 g/mol. The summed E-state index contributed by atoms with van der Waals surface area (Å²) < 4.78 is 24.6. The van der Waals surface area contributed by atoms with E-state index in [9.17, 15) is 8.42 Å². The summed E-state index contributed by atoms with van der Waals surface area (Å²) in [5.41, 5.74) is 7.12. The van der Waals surface area contributed by atoms with Crippen LogP contribution in [-0.2, 0) is 9.84 Å². The molecule has 0 aromatic carbocycles. The molecule has 110 valence electrons. The van der Waals surface area contributed by atoms with E-state index in [1.54, 1.807) is 37.1 Å². The Bertz CT molecular complexity index is 604. The third-order valence-electron chi connectivity index (χ3n) is 3.28. The molecule has 2 N–H and O–H groups in total. The molecule has 1 atom stereocenters. The van der Waals surface area contributed by atoms with Crippen molar-refractivity contribution >= 4 is 44.5 Å². The minimum Gasteiger partial charge on any atom is -0.389 e. The maximum absolute atomic E-state index is 12.3. The van der Waals surface area contributed by atoms with Crippen LogP contribution in [-0.4, -0.2) is 47.6 Å². The van der Waals surface area contributed by atoms with Gasteiger partial charge in [-0.05, 0) is 6.07 Å². The first-order valence-electron chi connectivity index (χ1n) is 6.27. The second-order valence-corrected chi connectivity index (χ2v) is 8.47. The maximum Gasteiger partial charge on any atom is 0.171 e. The van der Waals surface area contributed by atoms with Gasteiger partial charge in [-0.15, -0.1) is 0 Å². The number of nitrogens with zero attached hydrogens (tertiary/aromatic N) is 2. The fourth-order valence-electron chi connectivity index (χ4n) is 2.17. The molecule has 0 radical (unpaired) electrons. The summed E-state index contributed by atoms with van der Waals surface area (Å²) in [4.78, 5) is 6.22. The van der Waals surface area contributed by atoms with Gasteiger partial charge in [0.1, 0.15) is 10.4 Å². The quantitative estimate of drug-likeness (QED) is 0.826. The standard InChI is InChI=1S/C12H17N3O2S3/c1-2-20(16,17)11-8-19-6-5-15(11)10-7-14-4-3-9(10)12(13)18/h3-4,7,11H,2,5-6,8H2,1H3,(H2,13,18). The van der Waals surface area contributed by atoms with Crippen LogP contribution in [0, 0.1) is 0 Å². The van der Waals surface area contributed by atoms with Crippen LogP contribution in [0.5, 0.6) is 0 Å². The largest absolute Gasteiger partial charge is 0.389 e. The van der Waals surface area contributed by atoms with Gasteiger partial charge in [0.25, 0.3) is 0 Å². The van der Waals surface area contributed by atoms with Gasteiger partial charge in [-0.1, -0.05) is 19.1 Å². The smallest absolute Gasteiger partial charge is 0.171 e. The highest BCUT2D eigenvalue weighted by Gasteiger charge is 2.34. The predicted molar refractivity (Wildman–Crippen MR) is 88.0 cm³/mol. The highest BCUT2D eigenvalue weighted by atomic mass is 32.2. The van der Waals surface area contributed by atoms with Crippen molar-refractivity contribution in [3.05, 3.63) is 24.0 Å². The Morgan fingerprint density at radius 3 is 3.05 bits per heavy atom. The third kappa shape index (κ3) is 3.07. The van der Waals surface area contributed by atoms with Gasteiger partial charge < -0.3 is 10.6 Å². The molecule has 2 heterocycles. The van der Waals surface area contributed by atoms with Crippen molar-refractivity contribution < 1.29 is 8.42 Å². The Hall–Kier alpha value is -0.860. The first-order valence-corrected chi connectivity index (χ1v) is 9.55. The fraction of sp³-hybridized carbons (Fsp3) is 0.500. The number of thiocarbonyl (C=S) groups is 1. The van der Waals surface area contributed by atoms with Crippen molar-refractivity contribution in [1.29, 1.82) is 0 Å². The van der Waals surface area contributed by atoms with Crippen molar-refractivity contribution in [2.24, 2.45) is 5.73 Å². The Labute approximate surface area is 128 Å². The average molecular weight is 331 g/mol. The molecule has 0 bridgehead atoms. The van der Waals surface area contributed by atoms with Gasteiger partial charge in [0, 0.05) is 35.6 Å². The van der Waals surface area contributed by atoms with E-state index in [-0.39, 0.29) is 10.7 Å². The normalized spacial score (nSPS) is 19.9. The number of sulfone groups is 1. The minimum absolute atomic E-state index is 0.122. The van der Waals surface area contributed by atoms with E-state index in [0.717, 1.165) is 5.75 Å². The summed E-state index contributed by atoms with van der Waals surface area (Å²) in [7, 11) is -3.17. The van der Waals surface area contributed by atoms with Crippen molar-refractivity contribution in [3.8, 4) is 0 Å². The second-order valence-electron chi connectivity index (χ2n) is 4.43. The number of anilines is 1. The lowest BCUT2D eigenvalue weighted by molar-refractivity contribution is 0.579. The van der Waals surface area contributed by atoms with Crippen molar-refractivity contribution in [3.63, 3.8) is 0 Å². The van der Waals surface area contributed by atoms with Gasteiger partial charge in [-0.3, -0.25) is 4.98 Å². The number of pyridine rings is 1. The molecule has 20 heavy (non-hydrogen) atoms. The van der Waals surface area contributed by atoms with Crippen LogP contribution in [0.1, 0.15) is 12.5 Å². The van der Waals surface area contributed by atoms with Crippen LogP contribution < -0.4 is 10.6 Å². The van der Waals surface area contributed by atoms with Crippen LogP contribution in [0.15, 0.2) is 18.5 Å². The molecule has 8 heteroatoms. The molecule has 1 saturated heterocycles. The molecule has 1 aliphatic heterocycles. The van der Waals surface area contributed by atoms with Gasteiger partial charge in [0.2, 0.25) is 0 Å². The molecule has 0 saturated carbocycles. The Morgan fingerprint density at radius 1 is 1.65 bits per heavy atom. The van der Waals surface area contributed by atoms with Gasteiger partial charge in [-0.25, -0.2) is 8.42 Å². The van der Waals surface area contributed by atoms with Crippen LogP contribution >= 0.6 is 24.0 Å². The molecule has 1 unspecified atom stereocenters. The SMILES string of the molecule is CCS(=O)(=O)C1CSCCN1c1cnccc1C(N)=S. The van der Waals surface area contributed by atoms with E-state index in [4.69, 9.17) is 18.0 Å². The summed E-state index contributed by atoms with van der Waals surface area (Å²) in [6, 6.07) is 1.73. The van der Waals surface area contributed by atoms with Crippen molar-refractivity contribution in [2.75, 3.05) is 28.7 Å². The molecule has 5 nitrogen and oxygen atoms in total. The fourth-order valence-corrected chi connectivity index (χ4v) is 5.33. The first kappa shape index (κ1) is 15.5. The predicted octanol–water partition coefficient (Wildman–Crippen LogP) is 1.03. The maximum atomic E-state index is 12.3. The molecule has 0 spiro atoms. The first-order chi connectivity index (χ1) is 9.47.